The summed E-state index contributed by atoms with van der Waals surface area (Å²) in [5, 5.41) is 12.8. The van der Waals surface area contributed by atoms with Gasteiger partial charge in [0.1, 0.15) is 17.9 Å². The molecule has 3 aromatic rings. The van der Waals surface area contributed by atoms with Crippen molar-refractivity contribution < 1.29 is 28.5 Å². The third-order valence-corrected chi connectivity index (χ3v) is 4.71. The van der Waals surface area contributed by atoms with E-state index in [4.69, 9.17) is 14.2 Å². The van der Waals surface area contributed by atoms with E-state index in [0.29, 0.717) is 32.6 Å². The number of rotatable bonds is 6. The van der Waals surface area contributed by atoms with E-state index >= 15 is 0 Å². The van der Waals surface area contributed by atoms with Crippen LogP contribution in [-0.2, 0) is 16.1 Å². The molecule has 0 saturated heterocycles. The first-order valence-electron chi connectivity index (χ1n) is 8.65. The molecule has 9 heteroatoms. The van der Waals surface area contributed by atoms with Crippen LogP contribution in [0.5, 0.6) is 5.75 Å². The number of benzene rings is 2. The maximum absolute atomic E-state index is 12.8. The van der Waals surface area contributed by atoms with Crippen LogP contribution in [0.3, 0.4) is 0 Å². The number of carbonyl (C=O) groups is 2. The smallest absolute Gasteiger partial charge is 0.406 e. The minimum absolute atomic E-state index is 0.0103. The van der Waals surface area contributed by atoms with Crippen molar-refractivity contribution in [2.75, 3.05) is 13.7 Å². The second-order valence-corrected chi connectivity index (χ2v) is 6.69. The van der Waals surface area contributed by atoms with Gasteiger partial charge >= 0.3 is 17.6 Å². The third kappa shape index (κ3) is 4.29. The van der Waals surface area contributed by atoms with Crippen LogP contribution in [0.2, 0.25) is 0 Å². The van der Waals surface area contributed by atoms with E-state index in [-0.39, 0.29) is 23.5 Å². The maximum Gasteiger partial charge on any atom is 0.406 e. The van der Waals surface area contributed by atoms with Crippen LogP contribution in [0.15, 0.2) is 46.9 Å². The molecule has 0 radical (unpaired) electrons. The minimum Gasteiger partial charge on any atom is -0.618 e. The largest absolute Gasteiger partial charge is 0.618 e. The Morgan fingerprint density at radius 1 is 1.17 bits per heavy atom. The summed E-state index contributed by atoms with van der Waals surface area (Å²) >= 11 is 3.28. The summed E-state index contributed by atoms with van der Waals surface area (Å²) in [6, 6.07) is 11.5. The number of hydrogen-bond acceptors (Lipinski definition) is 7. The second-order valence-electron chi connectivity index (χ2n) is 5.83. The molecule has 0 atom stereocenters. The van der Waals surface area contributed by atoms with Crippen molar-refractivity contribution in [2.45, 2.75) is 13.5 Å². The Kier molecular flexibility index (Phi) is 6.28. The molecule has 2 aromatic carbocycles. The van der Waals surface area contributed by atoms with Crippen LogP contribution in [-0.4, -0.2) is 30.6 Å². The molecule has 0 amide bonds. The highest BCUT2D eigenvalue weighted by Gasteiger charge is 2.28. The van der Waals surface area contributed by atoms with Gasteiger partial charge < -0.3 is 19.4 Å². The molecule has 0 unspecified atom stereocenters. The molecule has 1 aromatic heterocycles. The summed E-state index contributed by atoms with van der Waals surface area (Å²) in [6.07, 6.45) is 0. The molecule has 0 N–H and O–H groups in total. The number of esters is 2. The molecule has 150 valence electrons. The first-order chi connectivity index (χ1) is 14.0. The summed E-state index contributed by atoms with van der Waals surface area (Å²) in [4.78, 5) is 28.9. The second kappa shape index (κ2) is 8.87. The van der Waals surface area contributed by atoms with Crippen molar-refractivity contribution in [3.8, 4) is 5.75 Å². The van der Waals surface area contributed by atoms with Gasteiger partial charge in [0.15, 0.2) is 5.69 Å². The lowest BCUT2D eigenvalue weighted by Crippen LogP contribution is -2.38. The van der Waals surface area contributed by atoms with Crippen LogP contribution >= 0.6 is 15.9 Å². The van der Waals surface area contributed by atoms with Gasteiger partial charge in [-0.3, -0.25) is 0 Å². The van der Waals surface area contributed by atoms with Crippen molar-refractivity contribution in [3.05, 3.63) is 69.1 Å². The first-order valence-corrected chi connectivity index (χ1v) is 9.44. The average molecular weight is 461 g/mol. The van der Waals surface area contributed by atoms with E-state index in [9.17, 15) is 14.8 Å². The van der Waals surface area contributed by atoms with Gasteiger partial charge in [0, 0.05) is 4.47 Å². The molecular weight excluding hydrogens is 444 g/mol. The van der Waals surface area contributed by atoms with Gasteiger partial charge in [-0.2, -0.15) is 4.73 Å². The molecule has 0 aliphatic heterocycles. The van der Waals surface area contributed by atoms with Crippen LogP contribution < -0.4 is 9.47 Å². The van der Waals surface area contributed by atoms with Gasteiger partial charge in [0.25, 0.3) is 0 Å². The highest BCUT2D eigenvalue weighted by molar-refractivity contribution is 9.10. The summed E-state index contributed by atoms with van der Waals surface area (Å²) < 4.78 is 16.4. The summed E-state index contributed by atoms with van der Waals surface area (Å²) in [5.41, 5.74) is 0.405. The summed E-state index contributed by atoms with van der Waals surface area (Å²) in [6.45, 7) is 1.86. The maximum atomic E-state index is 12.8. The zero-order chi connectivity index (χ0) is 21.0. The van der Waals surface area contributed by atoms with Gasteiger partial charge in [-0.25, -0.2) is 14.6 Å². The van der Waals surface area contributed by atoms with Crippen LogP contribution in [0.1, 0.15) is 33.5 Å². The lowest BCUT2D eigenvalue weighted by Gasteiger charge is -2.12. The Morgan fingerprint density at radius 3 is 2.62 bits per heavy atom. The Hall–Kier alpha value is -3.20. The SMILES string of the molecule is CCOc1ccc2nc(COC(=O)c3ccccc3Br)c(C(=O)OC)[n+]([O-])c2c1. The van der Waals surface area contributed by atoms with E-state index in [1.807, 2.05) is 6.92 Å². The monoisotopic (exact) mass is 460 g/mol. The predicted octanol–water partition coefficient (Wildman–Crippen LogP) is 3.17. The van der Waals surface area contributed by atoms with Gasteiger partial charge in [0.2, 0.25) is 5.52 Å². The summed E-state index contributed by atoms with van der Waals surface area (Å²) in [7, 11) is 1.15. The Morgan fingerprint density at radius 2 is 1.93 bits per heavy atom. The number of methoxy groups -OCH3 is 1. The third-order valence-electron chi connectivity index (χ3n) is 4.02. The van der Waals surface area contributed by atoms with Crippen molar-refractivity contribution in [1.82, 2.24) is 4.98 Å². The van der Waals surface area contributed by atoms with Gasteiger partial charge in [-0.15, -0.1) is 0 Å². The van der Waals surface area contributed by atoms with E-state index in [0.717, 1.165) is 7.11 Å². The number of hydrogen-bond donors (Lipinski definition) is 0. The van der Waals surface area contributed by atoms with E-state index in [1.165, 1.54) is 6.07 Å². The van der Waals surface area contributed by atoms with Crippen LogP contribution in [0.4, 0.5) is 0 Å². The fourth-order valence-electron chi connectivity index (χ4n) is 2.69. The zero-order valence-electron chi connectivity index (χ0n) is 15.7. The Labute approximate surface area is 174 Å². The fraction of sp³-hybridized carbons (Fsp3) is 0.200. The fourth-order valence-corrected chi connectivity index (χ4v) is 3.14. The topological polar surface area (TPSA) is 102 Å². The molecular formula is C20H17BrN2O6. The zero-order valence-corrected chi connectivity index (χ0v) is 17.3. The van der Waals surface area contributed by atoms with E-state index < -0.39 is 11.9 Å². The molecule has 0 aliphatic rings. The normalized spacial score (nSPS) is 10.6. The molecule has 0 saturated carbocycles. The van der Waals surface area contributed by atoms with Crippen LogP contribution in [0.25, 0.3) is 11.0 Å². The Bertz CT molecular complexity index is 1090. The lowest BCUT2D eigenvalue weighted by atomic mass is 10.2. The van der Waals surface area contributed by atoms with E-state index in [2.05, 4.69) is 20.9 Å². The van der Waals surface area contributed by atoms with Crippen LogP contribution in [0, 0.1) is 5.21 Å². The average Bonchev–Trinajstić information content (AvgIpc) is 2.72. The Balaban J connectivity index is 1.99. The molecule has 0 spiro atoms. The minimum atomic E-state index is -0.886. The van der Waals surface area contributed by atoms with Crippen molar-refractivity contribution in [3.63, 3.8) is 0 Å². The molecule has 8 nitrogen and oxygen atoms in total. The van der Waals surface area contributed by atoms with Gasteiger partial charge in [-0.1, -0.05) is 12.1 Å². The number of carbonyl (C=O) groups excluding carboxylic acids is 2. The van der Waals surface area contributed by atoms with Crippen molar-refractivity contribution in [1.29, 1.82) is 0 Å². The number of ether oxygens (including phenoxy) is 3. The molecule has 3 rings (SSSR count). The number of halogens is 1. The molecule has 1 heterocycles. The quantitative estimate of drug-likeness (QED) is 0.316. The molecule has 0 aliphatic carbocycles. The van der Waals surface area contributed by atoms with Crippen molar-refractivity contribution >= 4 is 38.9 Å². The predicted molar refractivity (Wildman–Crippen MR) is 106 cm³/mol. The van der Waals surface area contributed by atoms with Crippen molar-refractivity contribution in [2.24, 2.45) is 0 Å². The molecule has 0 fully saturated rings. The van der Waals surface area contributed by atoms with Gasteiger partial charge in [0.05, 0.1) is 25.3 Å². The van der Waals surface area contributed by atoms with Gasteiger partial charge in [-0.05, 0) is 47.1 Å². The molecule has 29 heavy (non-hydrogen) atoms. The lowest BCUT2D eigenvalue weighted by molar-refractivity contribution is -0.581. The molecule has 0 bridgehead atoms. The summed E-state index contributed by atoms with van der Waals surface area (Å²) in [5.74, 6) is -1.04. The highest BCUT2D eigenvalue weighted by Crippen LogP contribution is 2.21. The van der Waals surface area contributed by atoms with E-state index in [1.54, 1.807) is 36.4 Å². The standard InChI is InChI=1S/C20H17BrN2O6/c1-3-28-12-8-9-15-17(10-12)23(26)18(20(25)27-2)16(22-15)11-29-19(24)13-6-4-5-7-14(13)21/h4-10H,3,11H2,1-2H3. The number of fused-ring (bicyclic) bond motifs is 1. The number of nitrogens with zero attached hydrogens (tertiary/aromatic N) is 2. The first kappa shape index (κ1) is 20.5. The number of aromatic nitrogens is 2. The highest BCUT2D eigenvalue weighted by atomic mass is 79.9.